The molecule has 1 amide bonds. The van der Waals surface area contributed by atoms with E-state index < -0.39 is 5.91 Å². The van der Waals surface area contributed by atoms with E-state index in [1.54, 1.807) is 36.4 Å². The molecule has 4 aromatic rings. The summed E-state index contributed by atoms with van der Waals surface area (Å²) < 4.78 is 11.9. The maximum Gasteiger partial charge on any atom is 0.275 e. The van der Waals surface area contributed by atoms with Gasteiger partial charge in [-0.25, -0.2) is 5.43 Å². The number of methoxy groups -OCH3 is 1. The Morgan fingerprint density at radius 1 is 1.00 bits per heavy atom. The molecule has 0 radical (unpaired) electrons. The average molecular weight is 593 g/mol. The highest BCUT2D eigenvalue weighted by Crippen LogP contribution is 2.35. The van der Waals surface area contributed by atoms with Crippen LogP contribution in [0.25, 0.3) is 10.8 Å². The quantitative estimate of drug-likeness (QED) is 0.175. The fourth-order valence-electron chi connectivity index (χ4n) is 3.37. The predicted molar refractivity (Wildman–Crippen MR) is 146 cm³/mol. The van der Waals surface area contributed by atoms with E-state index in [2.05, 4.69) is 26.5 Å². The van der Waals surface area contributed by atoms with Crippen LogP contribution in [0, 0.1) is 0 Å². The molecule has 0 bridgehead atoms. The van der Waals surface area contributed by atoms with Gasteiger partial charge in [-0.05, 0) is 68.7 Å². The summed E-state index contributed by atoms with van der Waals surface area (Å²) in [4.78, 5) is 12.7. The molecule has 0 aromatic heterocycles. The molecule has 35 heavy (non-hydrogen) atoms. The van der Waals surface area contributed by atoms with E-state index in [9.17, 15) is 4.79 Å². The highest BCUT2D eigenvalue weighted by molar-refractivity contribution is 9.10. The number of carbonyl (C=O) groups is 1. The van der Waals surface area contributed by atoms with Gasteiger partial charge >= 0.3 is 0 Å². The first kappa shape index (κ1) is 25.3. The van der Waals surface area contributed by atoms with Crippen LogP contribution in [0.1, 0.15) is 21.5 Å². The zero-order chi connectivity index (χ0) is 24.9. The zero-order valence-corrected chi connectivity index (χ0v) is 22.2. The van der Waals surface area contributed by atoms with Gasteiger partial charge in [-0.3, -0.25) is 4.79 Å². The zero-order valence-electron chi connectivity index (χ0n) is 18.3. The van der Waals surface area contributed by atoms with Crippen molar-refractivity contribution in [3.63, 3.8) is 0 Å². The van der Waals surface area contributed by atoms with Crippen molar-refractivity contribution < 1.29 is 14.3 Å². The molecule has 4 rings (SSSR count). The maximum absolute atomic E-state index is 12.7. The minimum absolute atomic E-state index is 0.214. The van der Waals surface area contributed by atoms with Crippen LogP contribution in [0.15, 0.2) is 76.3 Å². The standard InChI is InChI=1S/C26H18BrCl3N2O3/c1-34-24-11-17-5-3-2-4-16(17)10-20(24)26(33)32-31-13-15-8-21(27)25(23(30)9-15)35-14-18-6-7-19(28)12-22(18)29/h2-13H,14H2,1H3,(H,32,33)/b31-13-. The molecular weight excluding hydrogens is 575 g/mol. The SMILES string of the molecule is COc1cc2ccccc2cc1C(=O)N/N=C\c1cc(Cl)c(OCc2ccc(Cl)cc2Cl)c(Br)c1. The third-order valence-corrected chi connectivity index (χ3v) is 6.56. The highest BCUT2D eigenvalue weighted by atomic mass is 79.9. The Bertz CT molecular complexity index is 1420. The molecular formula is C26H18BrCl3N2O3. The highest BCUT2D eigenvalue weighted by Gasteiger charge is 2.14. The summed E-state index contributed by atoms with van der Waals surface area (Å²) in [6, 6.07) is 20.0. The minimum atomic E-state index is -0.395. The Hall–Kier alpha value is -2.77. The molecule has 0 aliphatic heterocycles. The van der Waals surface area contributed by atoms with Gasteiger partial charge in [0.25, 0.3) is 5.91 Å². The van der Waals surface area contributed by atoms with Crippen molar-refractivity contribution in [3.8, 4) is 11.5 Å². The smallest absolute Gasteiger partial charge is 0.275 e. The summed E-state index contributed by atoms with van der Waals surface area (Å²) in [5, 5.41) is 7.39. The first-order valence-electron chi connectivity index (χ1n) is 10.3. The summed E-state index contributed by atoms with van der Waals surface area (Å²) in [5.74, 6) is 0.526. The summed E-state index contributed by atoms with van der Waals surface area (Å²) >= 11 is 22.0. The number of hydrogen-bond acceptors (Lipinski definition) is 4. The number of fused-ring (bicyclic) bond motifs is 1. The van der Waals surface area contributed by atoms with Crippen molar-refractivity contribution in [1.82, 2.24) is 5.43 Å². The third kappa shape index (κ3) is 6.08. The summed E-state index contributed by atoms with van der Waals surface area (Å²) in [6.07, 6.45) is 1.49. The maximum atomic E-state index is 12.7. The lowest BCUT2D eigenvalue weighted by molar-refractivity contribution is 0.0952. The van der Waals surface area contributed by atoms with Crippen molar-refractivity contribution in [2.45, 2.75) is 6.61 Å². The van der Waals surface area contributed by atoms with Crippen LogP contribution in [0.2, 0.25) is 15.1 Å². The van der Waals surface area contributed by atoms with Crippen LogP contribution in [-0.4, -0.2) is 19.2 Å². The Labute approximate surface area is 225 Å². The Morgan fingerprint density at radius 2 is 1.74 bits per heavy atom. The van der Waals surface area contributed by atoms with E-state index in [0.29, 0.717) is 42.2 Å². The topological polar surface area (TPSA) is 59.9 Å². The Balaban J connectivity index is 1.46. The van der Waals surface area contributed by atoms with Crippen LogP contribution >= 0.6 is 50.7 Å². The summed E-state index contributed by atoms with van der Waals surface area (Å²) in [5.41, 5.74) is 4.35. The molecule has 0 spiro atoms. The van der Waals surface area contributed by atoms with Gasteiger partial charge in [0.1, 0.15) is 12.4 Å². The number of halogens is 4. The van der Waals surface area contributed by atoms with E-state index in [-0.39, 0.29) is 6.61 Å². The van der Waals surface area contributed by atoms with Crippen LogP contribution in [-0.2, 0) is 6.61 Å². The van der Waals surface area contributed by atoms with Gasteiger partial charge in [0.2, 0.25) is 0 Å². The van der Waals surface area contributed by atoms with Gasteiger partial charge < -0.3 is 9.47 Å². The van der Waals surface area contributed by atoms with Gasteiger partial charge in [-0.1, -0.05) is 65.1 Å². The number of hydrogen-bond donors (Lipinski definition) is 1. The molecule has 0 aliphatic rings. The fourth-order valence-corrected chi connectivity index (χ4v) is 4.82. The lowest BCUT2D eigenvalue weighted by atomic mass is 10.1. The number of carbonyl (C=O) groups excluding carboxylic acids is 1. The minimum Gasteiger partial charge on any atom is -0.496 e. The summed E-state index contributed by atoms with van der Waals surface area (Å²) in [6.45, 7) is 0.214. The lowest BCUT2D eigenvalue weighted by Gasteiger charge is -2.12. The normalized spacial score (nSPS) is 11.1. The Kier molecular flexibility index (Phi) is 8.19. The van der Waals surface area contributed by atoms with Gasteiger partial charge in [-0.15, -0.1) is 0 Å². The molecule has 0 saturated heterocycles. The van der Waals surface area contributed by atoms with Gasteiger partial charge in [0.05, 0.1) is 28.4 Å². The molecule has 1 N–H and O–H groups in total. The third-order valence-electron chi connectivity index (χ3n) is 5.10. The summed E-state index contributed by atoms with van der Waals surface area (Å²) in [7, 11) is 1.52. The number of amides is 1. The van der Waals surface area contributed by atoms with Gasteiger partial charge in [0.15, 0.2) is 5.75 Å². The number of hydrazone groups is 1. The number of ether oxygens (including phenoxy) is 2. The molecule has 0 saturated carbocycles. The average Bonchev–Trinajstić information content (AvgIpc) is 2.83. The largest absolute Gasteiger partial charge is 0.496 e. The van der Waals surface area contributed by atoms with Crippen molar-refractivity contribution >= 4 is 73.6 Å². The van der Waals surface area contributed by atoms with Crippen LogP contribution in [0.5, 0.6) is 11.5 Å². The van der Waals surface area contributed by atoms with E-state index >= 15 is 0 Å². The molecule has 0 unspecified atom stereocenters. The first-order chi connectivity index (χ1) is 16.9. The van der Waals surface area contributed by atoms with Crippen molar-refractivity contribution in [2.75, 3.05) is 7.11 Å². The van der Waals surface area contributed by atoms with E-state index in [1.807, 2.05) is 30.3 Å². The van der Waals surface area contributed by atoms with Gasteiger partial charge in [-0.2, -0.15) is 5.10 Å². The monoisotopic (exact) mass is 590 g/mol. The fraction of sp³-hybridized carbons (Fsp3) is 0.0769. The predicted octanol–water partition coefficient (Wildman–Crippen LogP) is 7.91. The van der Waals surface area contributed by atoms with E-state index in [0.717, 1.165) is 16.3 Å². The Morgan fingerprint density at radius 3 is 2.43 bits per heavy atom. The molecule has 0 aliphatic carbocycles. The second kappa shape index (κ2) is 11.3. The number of benzene rings is 4. The molecule has 5 nitrogen and oxygen atoms in total. The van der Waals surface area contributed by atoms with Crippen LogP contribution in [0.4, 0.5) is 0 Å². The number of nitrogens with zero attached hydrogens (tertiary/aromatic N) is 1. The number of nitrogens with one attached hydrogen (secondary N) is 1. The van der Waals surface area contributed by atoms with E-state index in [1.165, 1.54) is 13.3 Å². The van der Waals surface area contributed by atoms with Crippen LogP contribution in [0.3, 0.4) is 0 Å². The van der Waals surface area contributed by atoms with Crippen LogP contribution < -0.4 is 14.9 Å². The van der Waals surface area contributed by atoms with E-state index in [4.69, 9.17) is 44.3 Å². The molecule has 0 heterocycles. The molecule has 0 fully saturated rings. The van der Waals surface area contributed by atoms with Crippen molar-refractivity contribution in [2.24, 2.45) is 5.10 Å². The lowest BCUT2D eigenvalue weighted by Crippen LogP contribution is -2.18. The molecule has 0 atom stereocenters. The van der Waals surface area contributed by atoms with Crippen molar-refractivity contribution in [1.29, 1.82) is 0 Å². The molecule has 178 valence electrons. The second-order valence-corrected chi connectivity index (χ2v) is 9.54. The number of rotatable bonds is 7. The second-order valence-electron chi connectivity index (χ2n) is 7.44. The van der Waals surface area contributed by atoms with Crippen molar-refractivity contribution in [3.05, 3.63) is 103 Å². The molecule has 9 heteroatoms. The van der Waals surface area contributed by atoms with Gasteiger partial charge in [0, 0.05) is 15.6 Å². The molecule has 4 aromatic carbocycles. The first-order valence-corrected chi connectivity index (χ1v) is 12.2.